The molecule has 0 aliphatic carbocycles. The molecular weight excluding hydrogens is 589 g/mol. The highest BCUT2D eigenvalue weighted by Crippen LogP contribution is 2.37. The Labute approximate surface area is 151 Å². The van der Waals surface area contributed by atoms with Crippen LogP contribution in [0.15, 0.2) is 0 Å². The van der Waals surface area contributed by atoms with Gasteiger partial charge in [-0.2, -0.15) is 0 Å². The Bertz CT molecular complexity index is 547. The molecule has 0 heterocycles. The van der Waals surface area contributed by atoms with Crippen LogP contribution in [0.2, 0.25) is 0 Å². The second kappa shape index (κ2) is 7.24. The van der Waals surface area contributed by atoms with Crippen molar-refractivity contribution in [3.63, 3.8) is 0 Å². The summed E-state index contributed by atoms with van der Waals surface area (Å²) in [6.07, 6.45) is 0.389. The van der Waals surface area contributed by atoms with Crippen molar-refractivity contribution in [1.82, 2.24) is 0 Å². The summed E-state index contributed by atoms with van der Waals surface area (Å²) >= 11 is 6.01. The topological polar surface area (TPSA) is 92.4 Å². The minimum atomic E-state index is -1.01. The summed E-state index contributed by atoms with van der Waals surface area (Å²) in [5, 5.41) is 12.3. The fourth-order valence-electron chi connectivity index (χ4n) is 1.39. The fraction of sp³-hybridized carbons (Fsp3) is 0.273. The SMILES string of the molecule is CC(=O)CCNc1c(I)c(N)c(I)c(C(=O)O)c1I. The first-order valence-electron chi connectivity index (χ1n) is 5.19. The van der Waals surface area contributed by atoms with Crippen LogP contribution in [-0.4, -0.2) is 23.4 Å². The smallest absolute Gasteiger partial charge is 0.338 e. The largest absolute Gasteiger partial charge is 0.478 e. The van der Waals surface area contributed by atoms with Gasteiger partial charge in [0.05, 0.1) is 27.6 Å². The Morgan fingerprint density at radius 1 is 1.21 bits per heavy atom. The highest BCUT2D eigenvalue weighted by atomic mass is 127. The highest BCUT2D eigenvalue weighted by Gasteiger charge is 2.22. The lowest BCUT2D eigenvalue weighted by atomic mass is 10.1. The number of carbonyl (C=O) groups excluding carboxylic acids is 1. The molecule has 1 rings (SSSR count). The number of ketones is 1. The van der Waals surface area contributed by atoms with E-state index in [1.807, 2.05) is 45.2 Å². The van der Waals surface area contributed by atoms with Gasteiger partial charge in [-0.15, -0.1) is 0 Å². The number of nitrogen functional groups attached to an aromatic ring is 1. The van der Waals surface area contributed by atoms with Crippen molar-refractivity contribution in [2.24, 2.45) is 0 Å². The zero-order valence-electron chi connectivity index (χ0n) is 9.89. The number of benzene rings is 1. The summed E-state index contributed by atoms with van der Waals surface area (Å²) in [5.41, 5.74) is 7.26. The molecule has 8 heteroatoms. The van der Waals surface area contributed by atoms with Crippen molar-refractivity contribution in [2.45, 2.75) is 13.3 Å². The van der Waals surface area contributed by atoms with Gasteiger partial charge in [-0.25, -0.2) is 4.79 Å². The van der Waals surface area contributed by atoms with Gasteiger partial charge in [0.25, 0.3) is 0 Å². The maximum absolute atomic E-state index is 11.3. The molecule has 104 valence electrons. The molecule has 0 radical (unpaired) electrons. The molecule has 0 atom stereocenters. The fourth-order valence-corrected chi connectivity index (χ4v) is 5.40. The first-order chi connectivity index (χ1) is 8.77. The van der Waals surface area contributed by atoms with Gasteiger partial charge in [-0.3, -0.25) is 4.79 Å². The van der Waals surface area contributed by atoms with Crippen LogP contribution < -0.4 is 11.1 Å². The molecule has 4 N–H and O–H groups in total. The molecule has 1 aromatic carbocycles. The van der Waals surface area contributed by atoms with E-state index in [2.05, 4.69) is 27.9 Å². The number of rotatable bonds is 5. The van der Waals surface area contributed by atoms with Crippen LogP contribution in [0, 0.1) is 10.7 Å². The van der Waals surface area contributed by atoms with Gasteiger partial charge >= 0.3 is 5.97 Å². The molecular formula is C11H11I3N2O3. The van der Waals surface area contributed by atoms with E-state index in [-0.39, 0.29) is 11.3 Å². The number of nitrogens with two attached hydrogens (primary N) is 1. The van der Waals surface area contributed by atoms with Crippen molar-refractivity contribution in [3.8, 4) is 0 Å². The monoisotopic (exact) mass is 600 g/mol. The summed E-state index contributed by atoms with van der Waals surface area (Å²) in [6, 6.07) is 0. The maximum atomic E-state index is 11.3. The molecule has 0 aliphatic rings. The average Bonchev–Trinajstić information content (AvgIpc) is 2.30. The first-order valence-corrected chi connectivity index (χ1v) is 8.43. The van der Waals surface area contributed by atoms with E-state index in [0.717, 1.165) is 3.57 Å². The third-order valence-electron chi connectivity index (χ3n) is 2.34. The number of aromatic carboxylic acids is 1. The van der Waals surface area contributed by atoms with E-state index in [1.165, 1.54) is 6.92 Å². The quantitative estimate of drug-likeness (QED) is 0.357. The molecule has 0 spiro atoms. The zero-order valence-corrected chi connectivity index (χ0v) is 16.4. The summed E-state index contributed by atoms with van der Waals surface area (Å²) in [5.74, 6) is -0.930. The standard InChI is InChI=1S/C11H11I3N2O3/c1-4(17)2-3-16-10-7(13)5(11(18)19)6(12)9(15)8(10)14/h16H,2-3,15H2,1H3,(H,18,19). The Hall–Kier alpha value is 0.150. The predicted molar refractivity (Wildman–Crippen MR) is 99.8 cm³/mol. The van der Waals surface area contributed by atoms with Crippen LogP contribution in [0.25, 0.3) is 0 Å². The maximum Gasteiger partial charge on any atom is 0.338 e. The molecule has 0 saturated heterocycles. The third-order valence-corrected chi connectivity index (χ3v) is 5.66. The Morgan fingerprint density at radius 2 is 1.79 bits per heavy atom. The number of hydrogen-bond donors (Lipinski definition) is 3. The average molecular weight is 600 g/mol. The van der Waals surface area contributed by atoms with E-state index >= 15 is 0 Å². The van der Waals surface area contributed by atoms with E-state index in [4.69, 9.17) is 5.73 Å². The number of halogens is 3. The molecule has 0 fully saturated rings. The number of Topliss-reactive ketones (excluding diaryl/α,β-unsaturated/α-hetero) is 1. The van der Waals surface area contributed by atoms with Crippen molar-refractivity contribution in [3.05, 3.63) is 16.3 Å². The lowest BCUT2D eigenvalue weighted by Gasteiger charge is -2.16. The number of anilines is 2. The third kappa shape index (κ3) is 4.06. The van der Waals surface area contributed by atoms with E-state index < -0.39 is 5.97 Å². The second-order valence-corrected chi connectivity index (χ2v) is 7.03. The van der Waals surface area contributed by atoms with Crippen LogP contribution in [0.5, 0.6) is 0 Å². The molecule has 5 nitrogen and oxygen atoms in total. The summed E-state index contributed by atoms with van der Waals surface area (Å²) in [7, 11) is 0. The van der Waals surface area contributed by atoms with Gasteiger partial charge in [0, 0.05) is 13.0 Å². The molecule has 0 saturated carbocycles. The summed E-state index contributed by atoms with van der Waals surface area (Å²) in [6.45, 7) is 1.98. The van der Waals surface area contributed by atoms with Crippen LogP contribution in [0.4, 0.5) is 11.4 Å². The number of nitrogens with one attached hydrogen (secondary N) is 1. The van der Waals surface area contributed by atoms with Crippen molar-refractivity contribution >= 4 is 90.9 Å². The van der Waals surface area contributed by atoms with Gasteiger partial charge in [-0.1, -0.05) is 0 Å². The number of hydrogen-bond acceptors (Lipinski definition) is 4. The van der Waals surface area contributed by atoms with E-state index in [0.29, 0.717) is 31.5 Å². The zero-order chi connectivity index (χ0) is 14.7. The Kier molecular flexibility index (Phi) is 6.56. The number of carbonyl (C=O) groups is 2. The predicted octanol–water partition coefficient (Wildman–Crippen LogP) is 3.17. The van der Waals surface area contributed by atoms with Gasteiger partial charge < -0.3 is 16.2 Å². The molecule has 0 aliphatic heterocycles. The number of carboxylic acids is 1. The summed E-state index contributed by atoms with van der Waals surface area (Å²) < 4.78 is 1.92. The molecule has 0 amide bonds. The molecule has 1 aromatic rings. The minimum Gasteiger partial charge on any atom is -0.478 e. The van der Waals surface area contributed by atoms with Crippen molar-refractivity contribution < 1.29 is 14.7 Å². The molecule has 0 aromatic heterocycles. The van der Waals surface area contributed by atoms with E-state index in [1.54, 1.807) is 0 Å². The van der Waals surface area contributed by atoms with Gasteiger partial charge in [-0.05, 0) is 74.7 Å². The minimum absolute atomic E-state index is 0.0782. The number of carboxylic acid groups (broad SMARTS) is 1. The van der Waals surface area contributed by atoms with Crippen LogP contribution >= 0.6 is 67.8 Å². The lowest BCUT2D eigenvalue weighted by Crippen LogP contribution is -2.14. The van der Waals surface area contributed by atoms with Crippen LogP contribution in [-0.2, 0) is 4.79 Å². The highest BCUT2D eigenvalue weighted by molar-refractivity contribution is 14.1. The van der Waals surface area contributed by atoms with Gasteiger partial charge in [0.1, 0.15) is 5.78 Å². The van der Waals surface area contributed by atoms with E-state index in [9.17, 15) is 14.7 Å². The van der Waals surface area contributed by atoms with Crippen LogP contribution in [0.1, 0.15) is 23.7 Å². The van der Waals surface area contributed by atoms with Crippen LogP contribution in [0.3, 0.4) is 0 Å². The lowest BCUT2D eigenvalue weighted by molar-refractivity contribution is -0.116. The summed E-state index contributed by atoms with van der Waals surface area (Å²) in [4.78, 5) is 22.2. The first kappa shape index (κ1) is 17.2. The Balaban J connectivity index is 3.24. The Morgan fingerprint density at radius 3 is 2.26 bits per heavy atom. The molecule has 19 heavy (non-hydrogen) atoms. The van der Waals surface area contributed by atoms with Crippen molar-refractivity contribution in [2.75, 3.05) is 17.6 Å². The van der Waals surface area contributed by atoms with Gasteiger partial charge in [0.2, 0.25) is 0 Å². The molecule has 0 bridgehead atoms. The van der Waals surface area contributed by atoms with Gasteiger partial charge in [0.15, 0.2) is 0 Å². The second-order valence-electron chi connectivity index (χ2n) is 3.79. The van der Waals surface area contributed by atoms with Crippen molar-refractivity contribution in [1.29, 1.82) is 0 Å². The molecule has 0 unspecified atom stereocenters. The normalized spacial score (nSPS) is 10.3.